The minimum Gasteiger partial charge on any atom is -0.480 e. The van der Waals surface area contributed by atoms with E-state index in [4.69, 9.17) is 9.84 Å². The monoisotopic (exact) mass is 238 g/mol. The number of halogens is 1. The van der Waals surface area contributed by atoms with E-state index < -0.39 is 23.0 Å². The number of carboxylic acid groups (broad SMARTS) is 1. The molecule has 0 atom stereocenters. The molecular formula is C12H11FO4. The number of carbonyl (C=O) groups is 2. The van der Waals surface area contributed by atoms with E-state index in [9.17, 15) is 14.0 Å². The summed E-state index contributed by atoms with van der Waals surface area (Å²) in [6.07, 6.45) is 0. The standard InChI is InChI=1S/C12H11FO4/c1-7-4-8(2-3-9(7)13)10(14)12(11(15)16)5-17-6-12/h2-4H,5-6H2,1H3,(H,15,16). The summed E-state index contributed by atoms with van der Waals surface area (Å²) in [6, 6.07) is 3.83. The summed E-state index contributed by atoms with van der Waals surface area (Å²) in [7, 11) is 0. The Labute approximate surface area is 97.0 Å². The second-order valence-electron chi connectivity index (χ2n) is 4.17. The summed E-state index contributed by atoms with van der Waals surface area (Å²) >= 11 is 0. The summed E-state index contributed by atoms with van der Waals surface area (Å²) in [5.74, 6) is -2.15. The molecule has 0 aliphatic carbocycles. The maximum atomic E-state index is 13.1. The van der Waals surface area contributed by atoms with Gasteiger partial charge in [0.05, 0.1) is 13.2 Å². The van der Waals surface area contributed by atoms with Gasteiger partial charge in [0.15, 0.2) is 11.2 Å². The second-order valence-corrected chi connectivity index (χ2v) is 4.17. The Kier molecular flexibility index (Phi) is 2.71. The Hall–Kier alpha value is -1.75. The van der Waals surface area contributed by atoms with Gasteiger partial charge in [0, 0.05) is 5.56 Å². The Balaban J connectivity index is 2.36. The van der Waals surface area contributed by atoms with Gasteiger partial charge in [-0.05, 0) is 30.7 Å². The Morgan fingerprint density at radius 2 is 2.06 bits per heavy atom. The van der Waals surface area contributed by atoms with Gasteiger partial charge in [-0.3, -0.25) is 9.59 Å². The number of benzene rings is 1. The largest absolute Gasteiger partial charge is 0.480 e. The average molecular weight is 238 g/mol. The van der Waals surface area contributed by atoms with Crippen molar-refractivity contribution in [2.24, 2.45) is 5.41 Å². The quantitative estimate of drug-likeness (QED) is 0.639. The van der Waals surface area contributed by atoms with Crippen LogP contribution in [0.25, 0.3) is 0 Å². The third kappa shape index (κ3) is 1.72. The van der Waals surface area contributed by atoms with Crippen molar-refractivity contribution in [2.45, 2.75) is 6.92 Å². The topological polar surface area (TPSA) is 63.6 Å². The Morgan fingerprint density at radius 3 is 2.47 bits per heavy atom. The molecule has 0 radical (unpaired) electrons. The van der Waals surface area contributed by atoms with Crippen LogP contribution in [0.3, 0.4) is 0 Å². The van der Waals surface area contributed by atoms with E-state index >= 15 is 0 Å². The lowest BCUT2D eigenvalue weighted by Crippen LogP contribution is -2.54. The number of aryl methyl sites for hydroxylation is 1. The highest BCUT2D eigenvalue weighted by Crippen LogP contribution is 2.32. The van der Waals surface area contributed by atoms with E-state index in [-0.39, 0.29) is 18.8 Å². The molecule has 5 heteroatoms. The van der Waals surface area contributed by atoms with E-state index in [0.717, 1.165) is 6.07 Å². The molecule has 1 saturated heterocycles. The molecule has 0 amide bonds. The van der Waals surface area contributed by atoms with Crippen molar-refractivity contribution in [3.05, 3.63) is 35.1 Å². The van der Waals surface area contributed by atoms with Crippen LogP contribution in [-0.4, -0.2) is 30.1 Å². The lowest BCUT2D eigenvalue weighted by molar-refractivity contribution is -0.168. The van der Waals surface area contributed by atoms with Crippen molar-refractivity contribution in [3.8, 4) is 0 Å². The number of hydrogen-bond donors (Lipinski definition) is 1. The van der Waals surface area contributed by atoms with Gasteiger partial charge in [-0.15, -0.1) is 0 Å². The van der Waals surface area contributed by atoms with Crippen molar-refractivity contribution >= 4 is 11.8 Å². The van der Waals surface area contributed by atoms with Gasteiger partial charge in [-0.25, -0.2) is 4.39 Å². The fourth-order valence-corrected chi connectivity index (χ4v) is 1.72. The van der Waals surface area contributed by atoms with Crippen LogP contribution in [0.4, 0.5) is 4.39 Å². The number of aliphatic carboxylic acids is 1. The van der Waals surface area contributed by atoms with Crippen molar-refractivity contribution in [1.82, 2.24) is 0 Å². The van der Waals surface area contributed by atoms with Crippen LogP contribution < -0.4 is 0 Å². The molecule has 17 heavy (non-hydrogen) atoms. The highest BCUT2D eigenvalue weighted by Gasteiger charge is 2.53. The molecule has 90 valence electrons. The first-order valence-corrected chi connectivity index (χ1v) is 5.09. The molecule has 1 fully saturated rings. The van der Waals surface area contributed by atoms with E-state index in [1.807, 2.05) is 0 Å². The normalized spacial score (nSPS) is 17.3. The SMILES string of the molecule is Cc1cc(C(=O)C2(C(=O)O)COC2)ccc1F. The molecule has 0 bridgehead atoms. The van der Waals surface area contributed by atoms with Gasteiger partial charge in [0.25, 0.3) is 0 Å². The number of Topliss-reactive ketones (excluding diaryl/α,β-unsaturated/α-hetero) is 1. The van der Waals surface area contributed by atoms with Gasteiger partial charge in [0.1, 0.15) is 5.82 Å². The molecular weight excluding hydrogens is 227 g/mol. The molecule has 4 nitrogen and oxygen atoms in total. The van der Waals surface area contributed by atoms with Crippen LogP contribution in [0.5, 0.6) is 0 Å². The highest BCUT2D eigenvalue weighted by molar-refractivity contribution is 6.13. The smallest absolute Gasteiger partial charge is 0.322 e. The van der Waals surface area contributed by atoms with Gasteiger partial charge in [0.2, 0.25) is 0 Å². The fraction of sp³-hybridized carbons (Fsp3) is 0.333. The lowest BCUT2D eigenvalue weighted by Gasteiger charge is -2.35. The molecule has 0 spiro atoms. The third-order valence-electron chi connectivity index (χ3n) is 2.96. The van der Waals surface area contributed by atoms with Gasteiger partial charge < -0.3 is 9.84 Å². The number of carbonyl (C=O) groups excluding carboxylic acids is 1. The maximum absolute atomic E-state index is 13.1. The van der Waals surface area contributed by atoms with E-state index in [0.29, 0.717) is 5.56 Å². The zero-order valence-electron chi connectivity index (χ0n) is 9.20. The first-order valence-electron chi connectivity index (χ1n) is 5.09. The van der Waals surface area contributed by atoms with Crippen LogP contribution in [0.1, 0.15) is 15.9 Å². The van der Waals surface area contributed by atoms with Crippen LogP contribution >= 0.6 is 0 Å². The van der Waals surface area contributed by atoms with Crippen LogP contribution in [-0.2, 0) is 9.53 Å². The van der Waals surface area contributed by atoms with Gasteiger partial charge in [-0.2, -0.15) is 0 Å². The molecule has 1 heterocycles. The molecule has 2 rings (SSSR count). The number of carboxylic acids is 1. The number of ketones is 1. The summed E-state index contributed by atoms with van der Waals surface area (Å²) in [6.45, 7) is 1.27. The van der Waals surface area contributed by atoms with Gasteiger partial charge in [-0.1, -0.05) is 0 Å². The first kappa shape index (κ1) is 11.7. The maximum Gasteiger partial charge on any atom is 0.322 e. The number of rotatable bonds is 3. The summed E-state index contributed by atoms with van der Waals surface area (Å²) < 4.78 is 17.9. The molecule has 0 aromatic heterocycles. The molecule has 0 saturated carbocycles. The predicted molar refractivity (Wildman–Crippen MR) is 56.4 cm³/mol. The van der Waals surface area contributed by atoms with E-state index in [1.54, 1.807) is 0 Å². The minimum absolute atomic E-state index is 0.127. The van der Waals surface area contributed by atoms with Crippen LogP contribution in [0.2, 0.25) is 0 Å². The molecule has 1 aromatic rings. The summed E-state index contributed by atoms with van der Waals surface area (Å²) in [5.41, 5.74) is -0.976. The average Bonchev–Trinajstić information content (AvgIpc) is 2.19. The van der Waals surface area contributed by atoms with E-state index in [2.05, 4.69) is 0 Å². The van der Waals surface area contributed by atoms with Crippen LogP contribution in [0, 0.1) is 18.2 Å². The Morgan fingerprint density at radius 1 is 1.41 bits per heavy atom. The zero-order chi connectivity index (χ0) is 12.6. The summed E-state index contributed by atoms with van der Waals surface area (Å²) in [4.78, 5) is 23.2. The molecule has 0 unspecified atom stereocenters. The lowest BCUT2D eigenvalue weighted by atomic mass is 9.78. The van der Waals surface area contributed by atoms with Gasteiger partial charge >= 0.3 is 5.97 Å². The fourth-order valence-electron chi connectivity index (χ4n) is 1.72. The third-order valence-corrected chi connectivity index (χ3v) is 2.96. The zero-order valence-corrected chi connectivity index (χ0v) is 9.20. The first-order chi connectivity index (χ1) is 7.97. The van der Waals surface area contributed by atoms with Crippen molar-refractivity contribution in [2.75, 3.05) is 13.2 Å². The summed E-state index contributed by atoms with van der Waals surface area (Å²) in [5, 5.41) is 9.06. The second kappa shape index (κ2) is 3.92. The molecule has 1 N–H and O–H groups in total. The molecule has 1 aliphatic heterocycles. The van der Waals surface area contributed by atoms with Crippen molar-refractivity contribution in [3.63, 3.8) is 0 Å². The predicted octanol–water partition coefficient (Wildman–Crippen LogP) is 1.42. The van der Waals surface area contributed by atoms with E-state index in [1.165, 1.54) is 19.1 Å². The highest BCUT2D eigenvalue weighted by atomic mass is 19.1. The Bertz CT molecular complexity index is 491. The number of hydrogen-bond acceptors (Lipinski definition) is 3. The molecule has 1 aliphatic rings. The van der Waals surface area contributed by atoms with Crippen molar-refractivity contribution in [1.29, 1.82) is 0 Å². The number of ether oxygens (including phenoxy) is 1. The molecule has 1 aromatic carbocycles. The van der Waals surface area contributed by atoms with Crippen LogP contribution in [0.15, 0.2) is 18.2 Å². The minimum atomic E-state index is -1.50. The van der Waals surface area contributed by atoms with Crippen molar-refractivity contribution < 1.29 is 23.8 Å².